The van der Waals surface area contributed by atoms with Crippen LogP contribution in [-0.4, -0.2) is 43.5 Å². The molecule has 0 bridgehead atoms. The van der Waals surface area contributed by atoms with Crippen LogP contribution < -0.4 is 9.64 Å². The number of likely N-dealkylation sites (tertiary alicyclic amines) is 1. The number of methoxy groups -OCH3 is 1. The van der Waals surface area contributed by atoms with Crippen molar-refractivity contribution in [2.45, 2.75) is 18.9 Å². The molecule has 1 saturated heterocycles. The van der Waals surface area contributed by atoms with E-state index in [0.29, 0.717) is 5.56 Å². The van der Waals surface area contributed by atoms with Crippen LogP contribution in [0.3, 0.4) is 0 Å². The summed E-state index contributed by atoms with van der Waals surface area (Å²) in [6, 6.07) is 11.8. The Balaban J connectivity index is 1.82. The molecule has 1 amide bonds. The first-order valence-electron chi connectivity index (χ1n) is 8.18. The molecule has 1 aliphatic rings. The topological polar surface area (TPSA) is 45.7 Å². The normalized spacial score (nSPS) is 17.0. The molecular weight excluding hydrogens is 302 g/mol. The van der Waals surface area contributed by atoms with Crippen molar-refractivity contribution in [3.63, 3.8) is 0 Å². The fourth-order valence-corrected chi connectivity index (χ4v) is 3.15. The van der Waals surface area contributed by atoms with Gasteiger partial charge in [-0.25, -0.2) is 4.98 Å². The Hall–Kier alpha value is -2.56. The lowest BCUT2D eigenvalue weighted by atomic mass is 10.0. The summed E-state index contributed by atoms with van der Waals surface area (Å²) in [7, 11) is 5.53. The van der Waals surface area contributed by atoms with Crippen molar-refractivity contribution in [2.24, 2.45) is 0 Å². The van der Waals surface area contributed by atoms with E-state index in [9.17, 15) is 4.79 Å². The number of aromatic nitrogens is 1. The van der Waals surface area contributed by atoms with Gasteiger partial charge in [0.1, 0.15) is 11.6 Å². The van der Waals surface area contributed by atoms with Crippen LogP contribution in [-0.2, 0) is 0 Å². The molecule has 5 heteroatoms. The second kappa shape index (κ2) is 6.91. The molecule has 126 valence electrons. The Morgan fingerprint density at radius 1 is 1.29 bits per heavy atom. The quantitative estimate of drug-likeness (QED) is 0.866. The molecule has 0 unspecified atom stereocenters. The Morgan fingerprint density at radius 3 is 2.79 bits per heavy atom. The third-order valence-electron chi connectivity index (χ3n) is 4.45. The predicted octanol–water partition coefficient (Wildman–Crippen LogP) is 3.13. The minimum Gasteiger partial charge on any atom is -0.497 e. The molecule has 0 saturated carbocycles. The third kappa shape index (κ3) is 3.20. The zero-order valence-corrected chi connectivity index (χ0v) is 14.4. The van der Waals surface area contributed by atoms with Crippen molar-refractivity contribution >= 4 is 11.7 Å². The van der Waals surface area contributed by atoms with Gasteiger partial charge in [0.15, 0.2) is 0 Å². The molecule has 24 heavy (non-hydrogen) atoms. The number of benzene rings is 1. The van der Waals surface area contributed by atoms with E-state index in [2.05, 4.69) is 11.1 Å². The van der Waals surface area contributed by atoms with Crippen LogP contribution in [0.1, 0.15) is 34.8 Å². The van der Waals surface area contributed by atoms with Gasteiger partial charge in [-0.1, -0.05) is 12.1 Å². The van der Waals surface area contributed by atoms with E-state index in [0.717, 1.165) is 36.5 Å². The van der Waals surface area contributed by atoms with E-state index < -0.39 is 0 Å². The lowest BCUT2D eigenvalue weighted by Crippen LogP contribution is -2.30. The molecule has 5 nitrogen and oxygen atoms in total. The first kappa shape index (κ1) is 16.3. The summed E-state index contributed by atoms with van der Waals surface area (Å²) >= 11 is 0. The zero-order chi connectivity index (χ0) is 17.1. The van der Waals surface area contributed by atoms with Crippen LogP contribution in [0.2, 0.25) is 0 Å². The summed E-state index contributed by atoms with van der Waals surface area (Å²) in [4.78, 5) is 21.1. The predicted molar refractivity (Wildman–Crippen MR) is 94.6 cm³/mol. The summed E-state index contributed by atoms with van der Waals surface area (Å²) in [5.41, 5.74) is 1.76. The van der Waals surface area contributed by atoms with E-state index in [1.54, 1.807) is 13.3 Å². The molecule has 0 aliphatic carbocycles. The van der Waals surface area contributed by atoms with Gasteiger partial charge in [-0.2, -0.15) is 0 Å². The van der Waals surface area contributed by atoms with Crippen LogP contribution in [0, 0.1) is 0 Å². The van der Waals surface area contributed by atoms with Gasteiger partial charge in [-0.3, -0.25) is 4.79 Å². The third-order valence-corrected chi connectivity index (χ3v) is 4.45. The zero-order valence-electron chi connectivity index (χ0n) is 14.4. The van der Waals surface area contributed by atoms with Gasteiger partial charge in [0.05, 0.1) is 18.7 Å². The first-order chi connectivity index (χ1) is 11.6. The molecule has 2 heterocycles. The van der Waals surface area contributed by atoms with Crippen LogP contribution in [0.4, 0.5) is 5.82 Å². The average Bonchev–Trinajstić information content (AvgIpc) is 3.11. The smallest absolute Gasteiger partial charge is 0.255 e. The minimum atomic E-state index is 0.0399. The van der Waals surface area contributed by atoms with Gasteiger partial charge < -0.3 is 14.5 Å². The van der Waals surface area contributed by atoms with Gasteiger partial charge in [-0.15, -0.1) is 0 Å². The van der Waals surface area contributed by atoms with Crippen LogP contribution in [0.5, 0.6) is 5.75 Å². The maximum atomic E-state index is 12.9. The highest BCUT2D eigenvalue weighted by Crippen LogP contribution is 2.34. The minimum absolute atomic E-state index is 0.0399. The van der Waals surface area contributed by atoms with Crippen LogP contribution in [0.25, 0.3) is 0 Å². The maximum Gasteiger partial charge on any atom is 0.255 e. The Bertz CT molecular complexity index is 713. The van der Waals surface area contributed by atoms with Gasteiger partial charge in [0.25, 0.3) is 5.91 Å². The van der Waals surface area contributed by atoms with E-state index in [4.69, 9.17) is 4.74 Å². The van der Waals surface area contributed by atoms with Crippen molar-refractivity contribution in [1.82, 2.24) is 9.88 Å². The van der Waals surface area contributed by atoms with Crippen molar-refractivity contribution in [3.8, 4) is 5.75 Å². The van der Waals surface area contributed by atoms with Crippen molar-refractivity contribution in [3.05, 3.63) is 53.7 Å². The monoisotopic (exact) mass is 325 g/mol. The fraction of sp³-hybridized carbons (Fsp3) is 0.368. The highest BCUT2D eigenvalue weighted by molar-refractivity contribution is 5.94. The van der Waals surface area contributed by atoms with E-state index in [1.807, 2.05) is 54.2 Å². The summed E-state index contributed by atoms with van der Waals surface area (Å²) < 4.78 is 5.31. The average molecular weight is 325 g/mol. The maximum absolute atomic E-state index is 12.9. The summed E-state index contributed by atoms with van der Waals surface area (Å²) in [5, 5.41) is 0. The van der Waals surface area contributed by atoms with E-state index in [1.165, 1.54) is 0 Å². The number of nitrogens with zero attached hydrogens (tertiary/aromatic N) is 3. The molecule has 1 aliphatic heterocycles. The molecule has 1 fully saturated rings. The standard InChI is InChI=1S/C19H23N3O2/c1-21(2)18-10-9-15(13-20-18)19(23)22-11-5-8-17(22)14-6-4-7-16(12-14)24-3/h4,6-7,9-10,12-13,17H,5,8,11H2,1-3H3/t17-/m0/s1. The highest BCUT2D eigenvalue weighted by Gasteiger charge is 2.30. The SMILES string of the molecule is COc1cccc([C@@H]2CCCN2C(=O)c2ccc(N(C)C)nc2)c1. The fourth-order valence-electron chi connectivity index (χ4n) is 3.15. The van der Waals surface area contributed by atoms with Crippen molar-refractivity contribution in [1.29, 1.82) is 0 Å². The van der Waals surface area contributed by atoms with Gasteiger partial charge in [0, 0.05) is 26.8 Å². The Kier molecular flexibility index (Phi) is 4.69. The molecule has 0 radical (unpaired) electrons. The number of anilines is 1. The molecule has 1 atom stereocenters. The molecule has 0 N–H and O–H groups in total. The van der Waals surface area contributed by atoms with Crippen LogP contribution >= 0.6 is 0 Å². The number of amides is 1. The Morgan fingerprint density at radius 2 is 2.12 bits per heavy atom. The van der Waals surface area contributed by atoms with Crippen molar-refractivity contribution < 1.29 is 9.53 Å². The number of carbonyl (C=O) groups excluding carboxylic acids is 1. The number of ether oxygens (including phenoxy) is 1. The first-order valence-corrected chi connectivity index (χ1v) is 8.18. The number of hydrogen-bond acceptors (Lipinski definition) is 4. The molecule has 0 spiro atoms. The van der Waals surface area contributed by atoms with Crippen LogP contribution in [0.15, 0.2) is 42.6 Å². The molecular formula is C19H23N3O2. The number of pyridine rings is 1. The molecule has 3 rings (SSSR count). The summed E-state index contributed by atoms with van der Waals surface area (Å²) in [5.74, 6) is 1.71. The van der Waals surface area contributed by atoms with Crippen molar-refractivity contribution in [2.75, 3.05) is 32.6 Å². The Labute approximate surface area is 142 Å². The number of rotatable bonds is 4. The summed E-state index contributed by atoms with van der Waals surface area (Å²) in [6.07, 6.45) is 3.65. The van der Waals surface area contributed by atoms with Gasteiger partial charge in [-0.05, 0) is 42.7 Å². The van der Waals surface area contributed by atoms with E-state index in [-0.39, 0.29) is 11.9 Å². The second-order valence-corrected chi connectivity index (χ2v) is 6.23. The molecule has 2 aromatic rings. The summed E-state index contributed by atoms with van der Waals surface area (Å²) in [6.45, 7) is 0.774. The molecule has 1 aromatic carbocycles. The van der Waals surface area contributed by atoms with Gasteiger partial charge >= 0.3 is 0 Å². The second-order valence-electron chi connectivity index (χ2n) is 6.23. The molecule has 1 aromatic heterocycles. The lowest BCUT2D eigenvalue weighted by Gasteiger charge is -2.25. The lowest BCUT2D eigenvalue weighted by molar-refractivity contribution is 0.0735. The van der Waals surface area contributed by atoms with Gasteiger partial charge in [0.2, 0.25) is 0 Å². The van der Waals surface area contributed by atoms with E-state index >= 15 is 0 Å². The number of carbonyl (C=O) groups is 1. The highest BCUT2D eigenvalue weighted by atomic mass is 16.5. The largest absolute Gasteiger partial charge is 0.497 e. The number of hydrogen-bond donors (Lipinski definition) is 0.